The van der Waals surface area contributed by atoms with E-state index in [0.717, 1.165) is 19.3 Å². The summed E-state index contributed by atoms with van der Waals surface area (Å²) in [6.07, 6.45) is 2.80. The highest BCUT2D eigenvalue weighted by Crippen LogP contribution is 2.47. The van der Waals surface area contributed by atoms with Gasteiger partial charge in [0.25, 0.3) is 0 Å². The maximum Gasteiger partial charge on any atom is 0.311 e. The van der Waals surface area contributed by atoms with Crippen molar-refractivity contribution in [3.8, 4) is 0 Å². The van der Waals surface area contributed by atoms with Gasteiger partial charge < -0.3 is 4.74 Å². The van der Waals surface area contributed by atoms with Crippen LogP contribution < -0.4 is 0 Å². The highest BCUT2D eigenvalue weighted by Gasteiger charge is 2.50. The Bertz CT molecular complexity index is 577. The summed E-state index contributed by atoms with van der Waals surface area (Å²) in [5.74, 6) is -0.151. The number of piperidine rings is 1. The van der Waals surface area contributed by atoms with Gasteiger partial charge in [-0.3, -0.25) is 9.69 Å². The Hall–Kier alpha value is -0.690. The molecular formula is C19H25FINO2. The third-order valence-electron chi connectivity index (χ3n) is 5.33. The largest absolute Gasteiger partial charge is 0.463 e. The molecule has 2 saturated heterocycles. The lowest BCUT2D eigenvalue weighted by molar-refractivity contribution is -0.157. The number of halogens is 2. The normalized spacial score (nSPS) is 29.9. The average molecular weight is 445 g/mol. The number of benzene rings is 1. The first-order valence-corrected chi connectivity index (χ1v) is 9.86. The quantitative estimate of drug-likeness (QED) is 0.504. The van der Waals surface area contributed by atoms with E-state index in [2.05, 4.69) is 51.8 Å². The number of hydrogen-bond acceptors (Lipinski definition) is 3. The Morgan fingerprint density at radius 1 is 1.33 bits per heavy atom. The second kappa shape index (κ2) is 7.68. The Balaban J connectivity index is 1.91. The summed E-state index contributed by atoms with van der Waals surface area (Å²) in [7, 11) is 0. The average Bonchev–Trinajstić information content (AvgIpc) is 2.79. The lowest BCUT2D eigenvalue weighted by Crippen LogP contribution is -2.51. The number of nitrogens with zero attached hydrogens (tertiary/aromatic N) is 1. The van der Waals surface area contributed by atoms with Gasteiger partial charge in [0.05, 0.1) is 12.0 Å². The summed E-state index contributed by atoms with van der Waals surface area (Å²) in [4.78, 5) is 15.1. The van der Waals surface area contributed by atoms with Gasteiger partial charge in [0.2, 0.25) is 0 Å². The highest BCUT2D eigenvalue weighted by molar-refractivity contribution is 14.1. The molecule has 2 aliphatic rings. The molecule has 0 aromatic heterocycles. The second-order valence-electron chi connectivity index (χ2n) is 7.13. The number of hydrogen-bond donors (Lipinski definition) is 0. The minimum Gasteiger partial charge on any atom is -0.463 e. The maximum absolute atomic E-state index is 13.0. The first-order chi connectivity index (χ1) is 11.5. The first-order valence-electron chi connectivity index (χ1n) is 8.79. The van der Waals surface area contributed by atoms with Crippen LogP contribution in [-0.2, 0) is 9.53 Å². The van der Waals surface area contributed by atoms with Crippen molar-refractivity contribution in [3.63, 3.8) is 0 Å². The molecule has 0 saturated carbocycles. The predicted octanol–water partition coefficient (Wildman–Crippen LogP) is 4.15. The Kier molecular flexibility index (Phi) is 5.80. The zero-order valence-corrected chi connectivity index (χ0v) is 16.4. The van der Waals surface area contributed by atoms with Gasteiger partial charge in [-0.1, -0.05) is 12.1 Å². The lowest BCUT2D eigenvalue weighted by atomic mass is 9.76. The fourth-order valence-electron chi connectivity index (χ4n) is 4.44. The Morgan fingerprint density at radius 3 is 2.67 bits per heavy atom. The van der Waals surface area contributed by atoms with Crippen LogP contribution in [-0.4, -0.2) is 42.3 Å². The van der Waals surface area contributed by atoms with Crippen molar-refractivity contribution in [1.82, 2.24) is 4.90 Å². The summed E-state index contributed by atoms with van der Waals surface area (Å²) in [5.41, 5.74) is 1.21. The van der Waals surface area contributed by atoms with Gasteiger partial charge in [0.1, 0.15) is 6.67 Å². The molecule has 3 rings (SSSR count). The molecule has 2 bridgehead atoms. The van der Waals surface area contributed by atoms with E-state index in [1.165, 1.54) is 9.13 Å². The summed E-state index contributed by atoms with van der Waals surface area (Å²) in [6, 6.07) is 8.94. The van der Waals surface area contributed by atoms with E-state index in [0.29, 0.717) is 12.6 Å². The number of esters is 1. The van der Waals surface area contributed by atoms with Crippen molar-refractivity contribution in [1.29, 1.82) is 0 Å². The molecule has 1 aromatic carbocycles. The van der Waals surface area contributed by atoms with Crippen LogP contribution in [0.5, 0.6) is 0 Å². The number of alkyl halides is 1. The zero-order valence-electron chi connectivity index (χ0n) is 14.3. The topological polar surface area (TPSA) is 29.5 Å². The number of ether oxygens (including phenoxy) is 1. The monoisotopic (exact) mass is 445 g/mol. The van der Waals surface area contributed by atoms with Gasteiger partial charge in [0, 0.05) is 28.1 Å². The molecule has 1 aromatic rings. The molecule has 0 radical (unpaired) electrons. The lowest BCUT2D eigenvalue weighted by Gasteiger charge is -2.43. The maximum atomic E-state index is 13.0. The van der Waals surface area contributed by atoms with Crippen LogP contribution >= 0.6 is 22.6 Å². The second-order valence-corrected chi connectivity index (χ2v) is 8.38. The molecule has 4 atom stereocenters. The molecule has 0 aliphatic carbocycles. The highest BCUT2D eigenvalue weighted by atomic mass is 127. The van der Waals surface area contributed by atoms with Crippen molar-refractivity contribution >= 4 is 28.6 Å². The molecule has 0 spiro atoms. The van der Waals surface area contributed by atoms with Crippen molar-refractivity contribution < 1.29 is 13.9 Å². The van der Waals surface area contributed by atoms with E-state index in [-0.39, 0.29) is 36.6 Å². The molecule has 2 fully saturated rings. The van der Waals surface area contributed by atoms with Crippen LogP contribution in [0.3, 0.4) is 0 Å². The molecule has 3 nitrogen and oxygen atoms in total. The van der Waals surface area contributed by atoms with Crippen LogP contribution in [0.25, 0.3) is 0 Å². The molecule has 132 valence electrons. The summed E-state index contributed by atoms with van der Waals surface area (Å²) in [5, 5.41) is 0. The first kappa shape index (κ1) is 18.1. The van der Waals surface area contributed by atoms with E-state index in [9.17, 15) is 9.18 Å². The molecular weight excluding hydrogens is 420 g/mol. The van der Waals surface area contributed by atoms with Crippen LogP contribution in [0, 0.1) is 9.49 Å². The van der Waals surface area contributed by atoms with E-state index in [1.807, 2.05) is 13.8 Å². The van der Waals surface area contributed by atoms with Crippen molar-refractivity contribution in [2.75, 3.05) is 13.2 Å². The smallest absolute Gasteiger partial charge is 0.311 e. The van der Waals surface area contributed by atoms with Gasteiger partial charge in [-0.25, -0.2) is 4.39 Å². The number of rotatable bonds is 5. The van der Waals surface area contributed by atoms with E-state index in [4.69, 9.17) is 4.74 Å². The molecule has 2 aliphatic heterocycles. The zero-order chi connectivity index (χ0) is 17.3. The van der Waals surface area contributed by atoms with Crippen molar-refractivity contribution in [2.45, 2.75) is 57.2 Å². The number of carbonyl (C=O) groups is 1. The standard InChI is InChI=1S/C19H25FINO2/c1-12(2)24-19(23)18-16(13-3-5-14(21)6-4-13)11-15-7-8-17(18)22(15)10-9-20/h3-6,12,15-18H,7-11H2,1-2H3/t15-,16?,17+,18+/m1/s1. The fourth-order valence-corrected chi connectivity index (χ4v) is 4.80. The van der Waals surface area contributed by atoms with E-state index >= 15 is 0 Å². The fraction of sp³-hybridized carbons (Fsp3) is 0.632. The number of carbonyl (C=O) groups excluding carboxylic acids is 1. The molecule has 2 heterocycles. The van der Waals surface area contributed by atoms with Crippen molar-refractivity contribution in [2.24, 2.45) is 5.92 Å². The minimum atomic E-state index is -0.354. The van der Waals surface area contributed by atoms with Crippen LogP contribution in [0.1, 0.15) is 44.6 Å². The van der Waals surface area contributed by atoms with Crippen LogP contribution in [0.15, 0.2) is 24.3 Å². The van der Waals surface area contributed by atoms with Gasteiger partial charge in [-0.05, 0) is 73.4 Å². The van der Waals surface area contributed by atoms with Gasteiger partial charge in [-0.15, -0.1) is 0 Å². The third kappa shape index (κ3) is 3.62. The van der Waals surface area contributed by atoms with Gasteiger partial charge in [0.15, 0.2) is 0 Å². The Morgan fingerprint density at radius 2 is 2.04 bits per heavy atom. The Labute approximate surface area is 157 Å². The molecule has 1 unspecified atom stereocenters. The minimum absolute atomic E-state index is 0.107. The number of fused-ring (bicyclic) bond motifs is 2. The summed E-state index contributed by atoms with van der Waals surface area (Å²) >= 11 is 2.30. The van der Waals surface area contributed by atoms with Crippen LogP contribution in [0.4, 0.5) is 4.39 Å². The summed E-state index contributed by atoms with van der Waals surface area (Å²) in [6.45, 7) is 3.85. The van der Waals surface area contributed by atoms with E-state index in [1.54, 1.807) is 0 Å². The summed E-state index contributed by atoms with van der Waals surface area (Å²) < 4.78 is 19.8. The van der Waals surface area contributed by atoms with Gasteiger partial charge >= 0.3 is 5.97 Å². The van der Waals surface area contributed by atoms with E-state index < -0.39 is 0 Å². The van der Waals surface area contributed by atoms with Crippen molar-refractivity contribution in [3.05, 3.63) is 33.4 Å². The third-order valence-corrected chi connectivity index (χ3v) is 6.05. The molecule has 24 heavy (non-hydrogen) atoms. The predicted molar refractivity (Wildman–Crippen MR) is 101 cm³/mol. The SMILES string of the molecule is CC(C)OC(=O)[C@H]1C(c2ccc(I)cc2)C[C@H]2CC[C@@H]1N2CCF. The molecule has 0 N–H and O–H groups in total. The van der Waals surface area contributed by atoms with Gasteiger partial charge in [-0.2, -0.15) is 0 Å². The molecule has 0 amide bonds. The van der Waals surface area contributed by atoms with Crippen LogP contribution in [0.2, 0.25) is 0 Å². The molecule has 5 heteroatoms.